The molecule has 2 nitrogen and oxygen atoms in total. The quantitative estimate of drug-likeness (QED) is 0.711. The topological polar surface area (TPSA) is 6.48 Å². The number of halogens is 4. The van der Waals surface area contributed by atoms with Crippen LogP contribution < -0.4 is 0 Å². The summed E-state index contributed by atoms with van der Waals surface area (Å²) in [6.07, 6.45) is 6.04. The van der Waals surface area contributed by atoms with Crippen LogP contribution in [0.15, 0.2) is 25.1 Å². The first-order chi connectivity index (χ1) is 4.33. The molecular weight excluding hydrogens is 254 g/mol. The Hall–Kier alpha value is 0.240. The van der Waals surface area contributed by atoms with E-state index >= 15 is 0 Å². The zero-order chi connectivity index (χ0) is 6.69. The van der Waals surface area contributed by atoms with E-state index in [-0.39, 0.29) is 49.6 Å². The van der Waals surface area contributed by atoms with Gasteiger partial charge >= 0.3 is 0 Å². The highest BCUT2D eigenvalue weighted by molar-refractivity contribution is 5.86. The molecule has 0 amide bonds. The summed E-state index contributed by atoms with van der Waals surface area (Å²) in [7, 11) is 2.06. The first kappa shape index (κ1) is 23.2. The molecule has 0 radical (unpaired) electrons. The van der Waals surface area contributed by atoms with Crippen LogP contribution in [0.3, 0.4) is 0 Å². The van der Waals surface area contributed by atoms with Gasteiger partial charge in [-0.1, -0.05) is 6.08 Å². The Kier molecular flexibility index (Phi) is 21.9. The standard InChI is InChI=1S/C7H12N2.4ClH/c1-3-4-9-6-5-8(2)7-9;;;;/h3,5-6H,1,4,7H2,2H3;4*1H. The van der Waals surface area contributed by atoms with Gasteiger partial charge in [-0.2, -0.15) is 0 Å². The van der Waals surface area contributed by atoms with Gasteiger partial charge in [-0.15, -0.1) is 56.2 Å². The van der Waals surface area contributed by atoms with Crippen LogP contribution in [0, 0.1) is 0 Å². The molecule has 0 aromatic rings. The highest BCUT2D eigenvalue weighted by Gasteiger charge is 2.04. The van der Waals surface area contributed by atoms with Crippen LogP contribution in [0.4, 0.5) is 0 Å². The van der Waals surface area contributed by atoms with Crippen LogP contribution in [0.25, 0.3) is 0 Å². The molecule has 0 aromatic heterocycles. The summed E-state index contributed by atoms with van der Waals surface area (Å²) in [5, 5.41) is 0. The first-order valence-electron chi connectivity index (χ1n) is 3.06. The zero-order valence-electron chi connectivity index (χ0n) is 7.38. The molecule has 13 heavy (non-hydrogen) atoms. The van der Waals surface area contributed by atoms with Crippen molar-refractivity contribution >= 4 is 49.6 Å². The largest absolute Gasteiger partial charge is 0.362 e. The van der Waals surface area contributed by atoms with Gasteiger partial charge in [0.1, 0.15) is 0 Å². The van der Waals surface area contributed by atoms with Gasteiger partial charge in [0.25, 0.3) is 0 Å². The van der Waals surface area contributed by atoms with Crippen LogP contribution in [-0.2, 0) is 0 Å². The van der Waals surface area contributed by atoms with Crippen molar-refractivity contribution in [2.24, 2.45) is 0 Å². The minimum atomic E-state index is 0. The lowest BCUT2D eigenvalue weighted by atomic mass is 10.6. The van der Waals surface area contributed by atoms with Gasteiger partial charge in [-0.25, -0.2) is 0 Å². The fourth-order valence-corrected chi connectivity index (χ4v) is 0.873. The van der Waals surface area contributed by atoms with E-state index < -0.39 is 0 Å². The van der Waals surface area contributed by atoms with Crippen molar-refractivity contribution in [2.45, 2.75) is 0 Å². The fraction of sp³-hybridized carbons (Fsp3) is 0.429. The first-order valence-corrected chi connectivity index (χ1v) is 3.06. The summed E-state index contributed by atoms with van der Waals surface area (Å²) in [6, 6.07) is 0. The van der Waals surface area contributed by atoms with E-state index in [1.807, 2.05) is 6.08 Å². The van der Waals surface area contributed by atoms with Gasteiger partial charge in [-0.3, -0.25) is 0 Å². The summed E-state index contributed by atoms with van der Waals surface area (Å²) in [6.45, 7) is 5.59. The number of hydrogen-bond acceptors (Lipinski definition) is 2. The van der Waals surface area contributed by atoms with Gasteiger partial charge in [0.05, 0.1) is 6.67 Å². The molecule has 0 unspecified atom stereocenters. The molecule has 1 aliphatic heterocycles. The lowest BCUT2D eigenvalue weighted by molar-refractivity contribution is 0.318. The summed E-state index contributed by atoms with van der Waals surface area (Å²) in [5.74, 6) is 0. The minimum absolute atomic E-state index is 0. The van der Waals surface area contributed by atoms with E-state index in [1.54, 1.807) is 0 Å². The normalized spacial score (nSPS) is 11.8. The molecule has 1 heterocycles. The highest BCUT2D eigenvalue weighted by atomic mass is 35.5. The monoisotopic (exact) mass is 268 g/mol. The highest BCUT2D eigenvalue weighted by Crippen LogP contribution is 2.01. The van der Waals surface area contributed by atoms with Gasteiger partial charge in [0.15, 0.2) is 0 Å². The summed E-state index contributed by atoms with van der Waals surface area (Å²) in [4.78, 5) is 4.32. The van der Waals surface area contributed by atoms with Crippen molar-refractivity contribution in [3.05, 3.63) is 25.1 Å². The average molecular weight is 270 g/mol. The van der Waals surface area contributed by atoms with Gasteiger partial charge in [-0.05, 0) is 0 Å². The molecule has 0 aliphatic carbocycles. The van der Waals surface area contributed by atoms with E-state index in [2.05, 4.69) is 35.8 Å². The van der Waals surface area contributed by atoms with Gasteiger partial charge in [0.2, 0.25) is 0 Å². The second-order valence-electron chi connectivity index (χ2n) is 2.26. The van der Waals surface area contributed by atoms with E-state index in [9.17, 15) is 0 Å². The molecule has 0 saturated heterocycles. The molecule has 0 bridgehead atoms. The average Bonchev–Trinajstić information content (AvgIpc) is 2.17. The third-order valence-electron chi connectivity index (χ3n) is 1.30. The molecule has 0 atom stereocenters. The maximum absolute atomic E-state index is 3.66. The molecule has 0 fully saturated rings. The predicted octanol–water partition coefficient (Wildman–Crippen LogP) is 2.54. The van der Waals surface area contributed by atoms with Crippen molar-refractivity contribution < 1.29 is 0 Å². The van der Waals surface area contributed by atoms with E-state index in [0.29, 0.717) is 0 Å². The van der Waals surface area contributed by atoms with Crippen LogP contribution >= 0.6 is 49.6 Å². The van der Waals surface area contributed by atoms with Crippen LogP contribution in [0.5, 0.6) is 0 Å². The number of hydrogen-bond donors (Lipinski definition) is 0. The molecule has 82 valence electrons. The third kappa shape index (κ3) is 8.57. The summed E-state index contributed by atoms with van der Waals surface area (Å²) >= 11 is 0. The zero-order valence-corrected chi connectivity index (χ0v) is 10.6. The summed E-state index contributed by atoms with van der Waals surface area (Å²) in [5.41, 5.74) is 0. The maximum Gasteiger partial charge on any atom is 0.0894 e. The lowest BCUT2D eigenvalue weighted by Crippen LogP contribution is -2.21. The predicted molar refractivity (Wildman–Crippen MR) is 67.7 cm³/mol. The van der Waals surface area contributed by atoms with Crippen molar-refractivity contribution in [2.75, 3.05) is 20.3 Å². The molecule has 0 spiro atoms. The Bertz CT molecular complexity index is 140. The van der Waals surface area contributed by atoms with E-state index in [4.69, 9.17) is 0 Å². The van der Waals surface area contributed by atoms with E-state index in [1.165, 1.54) is 0 Å². The van der Waals surface area contributed by atoms with Crippen LogP contribution in [-0.4, -0.2) is 30.1 Å². The Balaban J connectivity index is -0.000000101. The Morgan fingerprint density at radius 1 is 1.23 bits per heavy atom. The number of nitrogens with zero attached hydrogens (tertiary/aromatic N) is 2. The molecule has 6 heteroatoms. The summed E-state index contributed by atoms with van der Waals surface area (Å²) < 4.78 is 0. The Labute approximate surface area is 105 Å². The Morgan fingerprint density at radius 2 is 1.77 bits per heavy atom. The second kappa shape index (κ2) is 12.2. The van der Waals surface area contributed by atoms with Gasteiger partial charge < -0.3 is 9.80 Å². The third-order valence-corrected chi connectivity index (χ3v) is 1.30. The molecule has 0 aromatic carbocycles. The van der Waals surface area contributed by atoms with Crippen molar-refractivity contribution in [1.82, 2.24) is 9.80 Å². The molecule has 0 N–H and O–H groups in total. The van der Waals surface area contributed by atoms with E-state index in [0.717, 1.165) is 13.2 Å². The van der Waals surface area contributed by atoms with Crippen molar-refractivity contribution in [3.8, 4) is 0 Å². The lowest BCUT2D eigenvalue weighted by Gasteiger charge is -2.15. The van der Waals surface area contributed by atoms with Gasteiger partial charge in [0, 0.05) is 26.0 Å². The van der Waals surface area contributed by atoms with Crippen molar-refractivity contribution in [1.29, 1.82) is 0 Å². The minimum Gasteiger partial charge on any atom is -0.362 e. The van der Waals surface area contributed by atoms with Crippen molar-refractivity contribution in [3.63, 3.8) is 0 Å². The Morgan fingerprint density at radius 3 is 2.08 bits per heavy atom. The number of rotatable bonds is 2. The van der Waals surface area contributed by atoms with Crippen LogP contribution in [0.1, 0.15) is 0 Å². The molecule has 1 rings (SSSR count). The molecule has 1 aliphatic rings. The molecule has 0 saturated carbocycles. The molecular formula is C7H16Cl4N2. The SMILES string of the molecule is C=CCN1C=CN(C)C1.Cl.Cl.Cl.Cl. The second-order valence-corrected chi connectivity index (χ2v) is 2.26. The smallest absolute Gasteiger partial charge is 0.0894 e. The fourth-order valence-electron chi connectivity index (χ4n) is 0.873. The van der Waals surface area contributed by atoms with Crippen LogP contribution in [0.2, 0.25) is 0 Å². The maximum atomic E-state index is 3.66.